The molecule has 47 heavy (non-hydrogen) atoms. The van der Waals surface area contributed by atoms with Crippen LogP contribution in [0.3, 0.4) is 0 Å². The average molecular weight is 674 g/mol. The number of likely N-dealkylation sites (tertiary alicyclic amines) is 1. The van der Waals surface area contributed by atoms with Crippen molar-refractivity contribution in [3.63, 3.8) is 0 Å². The van der Waals surface area contributed by atoms with Gasteiger partial charge < -0.3 is 9.47 Å². The molecule has 4 aromatic rings. The van der Waals surface area contributed by atoms with Crippen molar-refractivity contribution in [2.75, 3.05) is 26.3 Å². The molecule has 2 aliphatic heterocycles. The summed E-state index contributed by atoms with van der Waals surface area (Å²) in [7, 11) is -4.88. The summed E-state index contributed by atoms with van der Waals surface area (Å²) in [4.78, 5) is 7.83. The van der Waals surface area contributed by atoms with E-state index in [4.69, 9.17) is 19.6 Å². The highest BCUT2D eigenvalue weighted by Gasteiger charge is 2.29. The predicted octanol–water partition coefficient (Wildman–Crippen LogP) is 6.48. The number of sulfonamides is 1. The Hall–Kier alpha value is -3.09. The number of hydrogen-bond donors (Lipinski definition) is 1. The van der Waals surface area contributed by atoms with Gasteiger partial charge >= 0.3 is 0 Å². The molecular weight excluding hydrogens is 627 g/mol. The molecule has 3 aliphatic rings. The Bertz CT molecular complexity index is 1890. The molecule has 0 radical (unpaired) electrons. The van der Waals surface area contributed by atoms with Crippen LogP contribution in [-0.4, -0.2) is 74.5 Å². The molecule has 2 atom stereocenters. The SMILES string of the molecule is C[C@@H]1CCCN1C1CCc2ccc(-c3cnc4c(c3)c(-c3ccc5c(c3)OCCNS5(=O)=O)nn4COCC[Si](C)(C)C)cc2CC1. The van der Waals surface area contributed by atoms with Gasteiger partial charge in [0.2, 0.25) is 10.0 Å². The van der Waals surface area contributed by atoms with Crippen LogP contribution >= 0.6 is 0 Å². The minimum atomic E-state index is -3.64. The second-order valence-electron chi connectivity index (χ2n) is 14.6. The zero-order valence-corrected chi connectivity index (χ0v) is 29.9. The standard InChI is InChI=1S/C36H47N5O4SSi/c1-25-6-5-16-40(25)31-12-9-26-7-8-28(20-27(26)10-13-31)30-21-32-35(29-11-14-34-33(22-29)45-17-15-38-46(34,42)43)39-41(36(32)37-23-30)24-44-18-19-47(2,3)4/h7-8,11,14,20-23,25,31,38H,5-6,9-10,12-13,15-19,24H2,1-4H3/t25-,31?/m1/s1. The van der Waals surface area contributed by atoms with Crippen LogP contribution in [-0.2, 0) is 34.3 Å². The van der Waals surface area contributed by atoms with Crippen molar-refractivity contribution in [1.82, 2.24) is 24.4 Å². The zero-order valence-electron chi connectivity index (χ0n) is 28.1. The molecule has 0 saturated carbocycles. The number of aromatic nitrogens is 3. The Morgan fingerprint density at radius 2 is 1.81 bits per heavy atom. The van der Waals surface area contributed by atoms with Gasteiger partial charge in [-0.05, 0) is 92.9 Å². The lowest BCUT2D eigenvalue weighted by atomic mass is 9.96. The van der Waals surface area contributed by atoms with Crippen LogP contribution in [0.1, 0.15) is 43.7 Å². The van der Waals surface area contributed by atoms with E-state index in [1.165, 1.54) is 43.4 Å². The first-order chi connectivity index (χ1) is 22.6. The summed E-state index contributed by atoms with van der Waals surface area (Å²) in [6.07, 6.45) is 9.24. The van der Waals surface area contributed by atoms with Gasteiger partial charge in [0.05, 0.1) is 0 Å². The number of aryl methyl sites for hydroxylation is 2. The van der Waals surface area contributed by atoms with Gasteiger partial charge in [-0.1, -0.05) is 43.9 Å². The van der Waals surface area contributed by atoms with Crippen molar-refractivity contribution in [2.45, 2.75) is 94.8 Å². The van der Waals surface area contributed by atoms with Gasteiger partial charge in [-0.25, -0.2) is 22.8 Å². The molecule has 1 fully saturated rings. The lowest BCUT2D eigenvalue weighted by Crippen LogP contribution is -2.37. The number of benzene rings is 2. The summed E-state index contributed by atoms with van der Waals surface area (Å²) in [6, 6.07) is 16.7. The minimum absolute atomic E-state index is 0.141. The number of hydrogen-bond acceptors (Lipinski definition) is 7. The molecular formula is C36H47N5O4SSi. The van der Waals surface area contributed by atoms with Crippen LogP contribution in [0.4, 0.5) is 0 Å². The Morgan fingerprint density at radius 1 is 1.00 bits per heavy atom. The molecule has 9 nitrogen and oxygen atoms in total. The van der Waals surface area contributed by atoms with Crippen molar-refractivity contribution < 1.29 is 17.9 Å². The third kappa shape index (κ3) is 6.91. The van der Waals surface area contributed by atoms with Crippen molar-refractivity contribution in [1.29, 1.82) is 0 Å². The van der Waals surface area contributed by atoms with Gasteiger partial charge in [0.25, 0.3) is 0 Å². The molecule has 0 amide bonds. The zero-order chi connectivity index (χ0) is 32.8. The van der Waals surface area contributed by atoms with E-state index in [9.17, 15) is 8.42 Å². The highest BCUT2D eigenvalue weighted by atomic mass is 32.2. The van der Waals surface area contributed by atoms with E-state index in [-0.39, 0.29) is 18.0 Å². The van der Waals surface area contributed by atoms with Gasteiger partial charge in [0.1, 0.15) is 29.7 Å². The Kier molecular flexibility index (Phi) is 9.03. The van der Waals surface area contributed by atoms with Crippen LogP contribution in [0.15, 0.2) is 53.6 Å². The molecule has 0 bridgehead atoms. The molecule has 1 unspecified atom stereocenters. The third-order valence-electron chi connectivity index (χ3n) is 10.1. The Balaban J connectivity index is 1.23. The number of rotatable bonds is 8. The van der Waals surface area contributed by atoms with E-state index >= 15 is 0 Å². The number of nitrogens with zero attached hydrogens (tertiary/aromatic N) is 4. The first-order valence-electron chi connectivity index (χ1n) is 17.1. The molecule has 1 saturated heterocycles. The summed E-state index contributed by atoms with van der Waals surface area (Å²) >= 11 is 0. The molecule has 2 aromatic carbocycles. The van der Waals surface area contributed by atoms with Crippen LogP contribution in [0.2, 0.25) is 25.7 Å². The Labute approximate surface area is 279 Å². The molecule has 7 rings (SSSR count). The Morgan fingerprint density at radius 3 is 2.60 bits per heavy atom. The van der Waals surface area contributed by atoms with Crippen molar-refractivity contribution in [3.8, 4) is 28.1 Å². The largest absolute Gasteiger partial charge is 0.491 e. The molecule has 2 aromatic heterocycles. The van der Waals surface area contributed by atoms with Crippen molar-refractivity contribution in [3.05, 3.63) is 59.8 Å². The fourth-order valence-electron chi connectivity index (χ4n) is 7.36. The van der Waals surface area contributed by atoms with E-state index < -0.39 is 18.1 Å². The molecule has 11 heteroatoms. The van der Waals surface area contributed by atoms with Crippen molar-refractivity contribution >= 4 is 29.1 Å². The fourth-order valence-corrected chi connectivity index (χ4v) is 9.25. The smallest absolute Gasteiger partial charge is 0.244 e. The summed E-state index contributed by atoms with van der Waals surface area (Å²) in [5.74, 6) is 0.332. The average Bonchev–Trinajstić information content (AvgIpc) is 3.51. The van der Waals surface area contributed by atoms with E-state index in [0.29, 0.717) is 31.2 Å². The number of fused-ring (bicyclic) bond motifs is 3. The van der Waals surface area contributed by atoms with Crippen LogP contribution in [0.5, 0.6) is 5.75 Å². The highest BCUT2D eigenvalue weighted by Crippen LogP contribution is 2.36. The summed E-state index contributed by atoms with van der Waals surface area (Å²) in [5.41, 5.74) is 7.33. The third-order valence-corrected chi connectivity index (χ3v) is 13.3. The van der Waals surface area contributed by atoms with Gasteiger partial charge in [-0.2, -0.15) is 5.10 Å². The second kappa shape index (κ2) is 13.1. The van der Waals surface area contributed by atoms with E-state index in [2.05, 4.69) is 60.5 Å². The maximum atomic E-state index is 12.8. The van der Waals surface area contributed by atoms with Gasteiger partial charge in [-0.3, -0.25) is 4.90 Å². The van der Waals surface area contributed by atoms with Crippen LogP contribution < -0.4 is 9.46 Å². The lowest BCUT2D eigenvalue weighted by Gasteiger charge is -2.30. The number of nitrogens with one attached hydrogen (secondary N) is 1. The second-order valence-corrected chi connectivity index (χ2v) is 22.0. The van der Waals surface area contributed by atoms with E-state index in [1.807, 2.05) is 10.9 Å². The first kappa shape index (κ1) is 32.5. The van der Waals surface area contributed by atoms with Gasteiger partial charge in [0.15, 0.2) is 5.65 Å². The molecule has 1 aliphatic carbocycles. The van der Waals surface area contributed by atoms with Crippen molar-refractivity contribution in [2.24, 2.45) is 0 Å². The highest BCUT2D eigenvalue weighted by molar-refractivity contribution is 7.89. The van der Waals surface area contributed by atoms with Gasteiger partial charge in [-0.15, -0.1) is 0 Å². The number of pyridine rings is 1. The van der Waals surface area contributed by atoms with Crippen LogP contribution in [0, 0.1) is 0 Å². The summed E-state index contributed by atoms with van der Waals surface area (Å²) in [6.45, 7) is 12.1. The molecule has 1 N–H and O–H groups in total. The maximum absolute atomic E-state index is 12.8. The lowest BCUT2D eigenvalue weighted by molar-refractivity contribution is 0.0814. The summed E-state index contributed by atoms with van der Waals surface area (Å²) < 4.78 is 41.9. The topological polar surface area (TPSA) is 98.6 Å². The fraction of sp³-hybridized carbons (Fsp3) is 0.500. The van der Waals surface area contributed by atoms with E-state index in [0.717, 1.165) is 52.3 Å². The number of ether oxygens (including phenoxy) is 2. The maximum Gasteiger partial charge on any atom is 0.244 e. The molecule has 4 heterocycles. The molecule has 250 valence electrons. The quantitative estimate of drug-likeness (QED) is 0.130. The summed E-state index contributed by atoms with van der Waals surface area (Å²) in [5, 5.41) is 5.88. The van der Waals surface area contributed by atoms with Crippen LogP contribution in [0.25, 0.3) is 33.4 Å². The molecule has 0 spiro atoms. The predicted molar refractivity (Wildman–Crippen MR) is 189 cm³/mol. The minimum Gasteiger partial charge on any atom is -0.491 e. The van der Waals surface area contributed by atoms with Gasteiger partial charge in [0, 0.05) is 56.0 Å². The normalized spacial score (nSPS) is 21.5. The van der Waals surface area contributed by atoms with E-state index in [1.54, 1.807) is 18.2 Å². The monoisotopic (exact) mass is 673 g/mol. The first-order valence-corrected chi connectivity index (χ1v) is 22.3.